The smallest absolute Gasteiger partial charge is 0.234 e. The van der Waals surface area contributed by atoms with Crippen molar-refractivity contribution in [3.8, 4) is 0 Å². The van der Waals surface area contributed by atoms with Crippen LogP contribution in [0.4, 0.5) is 0 Å². The van der Waals surface area contributed by atoms with Crippen molar-refractivity contribution in [3.05, 3.63) is 18.2 Å². The Labute approximate surface area is 202 Å². The standard InChI is InChI=1S/C30H59N2/c1-4-7-10-11-12-13-14-15-16-17-18-19-20-21-22-25-30-31(26-23-8-5-2)28-29-32(30)27-24-9-6-3/h28-29H,4-27H2,1-3H3/q+1. The molecule has 1 rings (SSSR count). The number of aromatic nitrogens is 2. The Morgan fingerprint density at radius 1 is 0.531 bits per heavy atom. The molecule has 2 nitrogen and oxygen atoms in total. The molecule has 0 aliphatic carbocycles. The van der Waals surface area contributed by atoms with Crippen LogP contribution in [0.3, 0.4) is 0 Å². The van der Waals surface area contributed by atoms with E-state index >= 15 is 0 Å². The van der Waals surface area contributed by atoms with Gasteiger partial charge in [-0.2, -0.15) is 0 Å². The molecule has 2 heteroatoms. The lowest BCUT2D eigenvalue weighted by atomic mass is 10.0. The summed E-state index contributed by atoms with van der Waals surface area (Å²) >= 11 is 0. The van der Waals surface area contributed by atoms with E-state index in [1.165, 1.54) is 154 Å². The lowest BCUT2D eigenvalue weighted by molar-refractivity contribution is -0.704. The number of rotatable bonds is 24. The molecular weight excluding hydrogens is 388 g/mol. The van der Waals surface area contributed by atoms with Gasteiger partial charge in [0.05, 0.1) is 13.1 Å². The van der Waals surface area contributed by atoms with E-state index in [4.69, 9.17) is 0 Å². The highest BCUT2D eigenvalue weighted by atomic mass is 15.1. The molecule has 1 aromatic rings. The van der Waals surface area contributed by atoms with Crippen LogP contribution >= 0.6 is 0 Å². The second-order valence-corrected chi connectivity index (χ2v) is 10.2. The zero-order valence-electron chi connectivity index (χ0n) is 22.5. The number of unbranched alkanes of at least 4 members (excludes halogenated alkanes) is 18. The fourth-order valence-corrected chi connectivity index (χ4v) is 4.91. The average molecular weight is 448 g/mol. The van der Waals surface area contributed by atoms with Gasteiger partial charge in [-0.05, 0) is 32.1 Å². The van der Waals surface area contributed by atoms with E-state index in [1.807, 2.05) is 0 Å². The van der Waals surface area contributed by atoms with Gasteiger partial charge in [0.15, 0.2) is 0 Å². The van der Waals surface area contributed by atoms with Crippen molar-refractivity contribution in [2.45, 2.75) is 175 Å². The first kappa shape index (κ1) is 29.2. The monoisotopic (exact) mass is 447 g/mol. The summed E-state index contributed by atoms with van der Waals surface area (Å²) in [4.78, 5) is 0. The Kier molecular flexibility index (Phi) is 20.1. The minimum atomic E-state index is 1.21. The minimum Gasteiger partial charge on any atom is -0.234 e. The summed E-state index contributed by atoms with van der Waals surface area (Å²) in [5, 5.41) is 0. The van der Waals surface area contributed by atoms with Crippen LogP contribution in [0.1, 0.15) is 161 Å². The molecule has 0 aromatic carbocycles. The molecule has 0 bridgehead atoms. The molecule has 1 aromatic heterocycles. The van der Waals surface area contributed by atoms with Gasteiger partial charge in [0.1, 0.15) is 12.4 Å². The number of hydrogen-bond donors (Lipinski definition) is 0. The normalized spacial score (nSPS) is 11.5. The Bertz CT molecular complexity index is 477. The van der Waals surface area contributed by atoms with Gasteiger partial charge >= 0.3 is 0 Å². The van der Waals surface area contributed by atoms with Crippen molar-refractivity contribution < 1.29 is 4.57 Å². The van der Waals surface area contributed by atoms with Gasteiger partial charge < -0.3 is 0 Å². The van der Waals surface area contributed by atoms with E-state index in [1.54, 1.807) is 5.82 Å². The van der Waals surface area contributed by atoms with Crippen molar-refractivity contribution in [1.82, 2.24) is 4.57 Å². The number of nitrogens with zero attached hydrogens (tertiary/aromatic N) is 2. The van der Waals surface area contributed by atoms with Gasteiger partial charge in [-0.1, -0.05) is 124 Å². The predicted molar refractivity (Wildman–Crippen MR) is 142 cm³/mol. The third-order valence-electron chi connectivity index (χ3n) is 7.10. The van der Waals surface area contributed by atoms with Crippen LogP contribution in [0.5, 0.6) is 0 Å². The molecule has 0 spiro atoms. The predicted octanol–water partition coefficient (Wildman–Crippen LogP) is 9.57. The molecule has 1 heterocycles. The first-order valence-corrected chi connectivity index (χ1v) is 14.9. The van der Waals surface area contributed by atoms with Crippen molar-refractivity contribution in [2.75, 3.05) is 0 Å². The molecule has 0 aliphatic heterocycles. The largest absolute Gasteiger partial charge is 0.256 e. The van der Waals surface area contributed by atoms with E-state index in [0.29, 0.717) is 0 Å². The molecule has 0 amide bonds. The van der Waals surface area contributed by atoms with Crippen molar-refractivity contribution in [3.63, 3.8) is 0 Å². The molecule has 0 saturated heterocycles. The van der Waals surface area contributed by atoms with Gasteiger partial charge in [-0.3, -0.25) is 0 Å². The zero-order valence-corrected chi connectivity index (χ0v) is 22.5. The van der Waals surface area contributed by atoms with Gasteiger partial charge in [0.25, 0.3) is 5.82 Å². The lowest BCUT2D eigenvalue weighted by Crippen LogP contribution is -2.37. The highest BCUT2D eigenvalue weighted by Gasteiger charge is 2.16. The van der Waals surface area contributed by atoms with Crippen molar-refractivity contribution in [1.29, 1.82) is 0 Å². The van der Waals surface area contributed by atoms with Gasteiger partial charge in [0.2, 0.25) is 0 Å². The maximum atomic E-state index is 2.56. The second-order valence-electron chi connectivity index (χ2n) is 10.2. The maximum absolute atomic E-state index is 2.56. The summed E-state index contributed by atoms with van der Waals surface area (Å²) in [5.41, 5.74) is 0. The third-order valence-corrected chi connectivity index (χ3v) is 7.10. The first-order valence-electron chi connectivity index (χ1n) is 14.9. The van der Waals surface area contributed by atoms with E-state index in [9.17, 15) is 0 Å². The van der Waals surface area contributed by atoms with Crippen LogP contribution in [0.15, 0.2) is 12.4 Å². The van der Waals surface area contributed by atoms with Gasteiger partial charge in [-0.25, -0.2) is 9.13 Å². The number of aryl methyl sites for hydroxylation is 2. The Balaban J connectivity index is 2.10. The van der Waals surface area contributed by atoms with Crippen molar-refractivity contribution >= 4 is 0 Å². The minimum absolute atomic E-state index is 1.21. The number of imidazole rings is 1. The first-order chi connectivity index (χ1) is 15.8. The fraction of sp³-hybridized carbons (Fsp3) is 0.900. The van der Waals surface area contributed by atoms with E-state index in [-0.39, 0.29) is 0 Å². The van der Waals surface area contributed by atoms with Crippen LogP contribution in [0.2, 0.25) is 0 Å². The summed E-state index contributed by atoms with van der Waals surface area (Å²) in [7, 11) is 0. The third kappa shape index (κ3) is 15.1. The van der Waals surface area contributed by atoms with Crippen LogP contribution in [-0.4, -0.2) is 4.57 Å². The summed E-state index contributed by atoms with van der Waals surface area (Å²) in [5.74, 6) is 1.59. The zero-order chi connectivity index (χ0) is 23.1. The Morgan fingerprint density at radius 2 is 0.969 bits per heavy atom. The Hall–Kier alpha value is -0.790. The van der Waals surface area contributed by atoms with Crippen LogP contribution < -0.4 is 4.57 Å². The quantitative estimate of drug-likeness (QED) is 0.110. The molecule has 0 unspecified atom stereocenters. The van der Waals surface area contributed by atoms with Gasteiger partial charge in [0, 0.05) is 6.42 Å². The fourth-order valence-electron chi connectivity index (χ4n) is 4.91. The molecule has 0 saturated carbocycles. The molecule has 0 aliphatic rings. The van der Waals surface area contributed by atoms with E-state index in [2.05, 4.69) is 42.3 Å². The molecule has 0 fully saturated rings. The highest BCUT2D eigenvalue weighted by molar-refractivity contribution is 4.84. The van der Waals surface area contributed by atoms with Crippen LogP contribution in [0, 0.1) is 0 Å². The van der Waals surface area contributed by atoms with Gasteiger partial charge in [-0.15, -0.1) is 0 Å². The number of hydrogen-bond acceptors (Lipinski definition) is 0. The van der Waals surface area contributed by atoms with Crippen LogP contribution in [-0.2, 0) is 19.5 Å². The molecule has 32 heavy (non-hydrogen) atoms. The summed E-state index contributed by atoms with van der Waals surface area (Å²) < 4.78 is 5.12. The summed E-state index contributed by atoms with van der Waals surface area (Å²) in [6.07, 6.45) is 35.6. The molecular formula is C30H59N2+. The average Bonchev–Trinajstić information content (AvgIpc) is 3.18. The summed E-state index contributed by atoms with van der Waals surface area (Å²) in [6, 6.07) is 0. The maximum Gasteiger partial charge on any atom is 0.256 e. The highest BCUT2D eigenvalue weighted by Crippen LogP contribution is 2.14. The SMILES string of the molecule is CCCCCCCCCCCCCCCCCc1n(CCCCC)cc[n+]1CCCCC. The van der Waals surface area contributed by atoms with Crippen LogP contribution in [0.25, 0.3) is 0 Å². The Morgan fingerprint density at radius 3 is 1.50 bits per heavy atom. The second kappa shape index (κ2) is 22.0. The molecule has 0 radical (unpaired) electrons. The van der Waals surface area contributed by atoms with Crippen molar-refractivity contribution in [2.24, 2.45) is 0 Å². The molecule has 0 atom stereocenters. The topological polar surface area (TPSA) is 8.81 Å². The van der Waals surface area contributed by atoms with E-state index < -0.39 is 0 Å². The molecule has 188 valence electrons. The summed E-state index contributed by atoms with van der Waals surface area (Å²) in [6.45, 7) is 9.33. The van der Waals surface area contributed by atoms with E-state index in [0.717, 1.165) is 0 Å². The molecule has 0 N–H and O–H groups in total. The lowest BCUT2D eigenvalue weighted by Gasteiger charge is -2.06.